The molecule has 7 heteroatoms. The molecule has 1 amide bonds. The van der Waals surface area contributed by atoms with Gasteiger partial charge < -0.3 is 14.6 Å². The smallest absolute Gasteiger partial charge is 0.278 e. The lowest BCUT2D eigenvalue weighted by molar-refractivity contribution is 0.101. The highest BCUT2D eigenvalue weighted by atomic mass is 16.5. The molecule has 1 N–H and O–H groups in total. The lowest BCUT2D eigenvalue weighted by atomic mass is 10.1. The van der Waals surface area contributed by atoms with Crippen molar-refractivity contribution in [2.75, 3.05) is 5.32 Å². The SMILES string of the molecule is CCn1cc(NC(=O)c2noc(C)c2COc2ccc(C)c(C)c2)c(C)n1. The fourth-order valence-electron chi connectivity index (χ4n) is 2.68. The summed E-state index contributed by atoms with van der Waals surface area (Å²) < 4.78 is 12.9. The zero-order valence-corrected chi connectivity index (χ0v) is 16.3. The van der Waals surface area contributed by atoms with Crippen LogP contribution in [0.2, 0.25) is 0 Å². The first kappa shape index (κ1) is 18.7. The summed E-state index contributed by atoms with van der Waals surface area (Å²) in [5, 5.41) is 11.1. The second-order valence-corrected chi connectivity index (χ2v) is 6.54. The molecule has 3 rings (SSSR count). The number of anilines is 1. The Hall–Kier alpha value is -3.09. The lowest BCUT2D eigenvalue weighted by Gasteiger charge is -2.09. The number of rotatable bonds is 6. The van der Waals surface area contributed by atoms with Crippen molar-refractivity contribution < 1.29 is 14.1 Å². The summed E-state index contributed by atoms with van der Waals surface area (Å²) in [6, 6.07) is 5.89. The van der Waals surface area contributed by atoms with Crippen LogP contribution in [0.4, 0.5) is 5.69 Å². The van der Waals surface area contributed by atoms with Crippen LogP contribution in [-0.2, 0) is 13.2 Å². The van der Waals surface area contributed by atoms with Crippen LogP contribution < -0.4 is 10.1 Å². The molecule has 0 aliphatic carbocycles. The summed E-state index contributed by atoms with van der Waals surface area (Å²) in [5.41, 5.74) is 4.61. The zero-order chi connectivity index (χ0) is 19.6. The minimum Gasteiger partial charge on any atom is -0.489 e. The first-order valence-electron chi connectivity index (χ1n) is 8.89. The van der Waals surface area contributed by atoms with E-state index in [-0.39, 0.29) is 18.2 Å². The molecule has 1 aromatic carbocycles. The monoisotopic (exact) mass is 368 g/mol. The molecule has 0 saturated carbocycles. The fourth-order valence-corrected chi connectivity index (χ4v) is 2.68. The Balaban J connectivity index is 1.76. The highest BCUT2D eigenvalue weighted by molar-refractivity contribution is 6.04. The molecule has 27 heavy (non-hydrogen) atoms. The predicted molar refractivity (Wildman–Crippen MR) is 102 cm³/mol. The van der Waals surface area contributed by atoms with Gasteiger partial charge in [-0.1, -0.05) is 11.2 Å². The van der Waals surface area contributed by atoms with Gasteiger partial charge >= 0.3 is 0 Å². The van der Waals surface area contributed by atoms with Crippen molar-refractivity contribution >= 4 is 11.6 Å². The van der Waals surface area contributed by atoms with E-state index in [9.17, 15) is 4.79 Å². The Bertz CT molecular complexity index is 972. The van der Waals surface area contributed by atoms with Gasteiger partial charge in [-0.3, -0.25) is 9.48 Å². The van der Waals surface area contributed by atoms with E-state index in [0.717, 1.165) is 23.6 Å². The van der Waals surface area contributed by atoms with E-state index in [4.69, 9.17) is 9.26 Å². The molecule has 0 atom stereocenters. The van der Waals surface area contributed by atoms with Crippen molar-refractivity contribution in [3.05, 3.63) is 58.2 Å². The molecule has 0 radical (unpaired) electrons. The third-order valence-electron chi connectivity index (χ3n) is 4.58. The quantitative estimate of drug-likeness (QED) is 0.712. The van der Waals surface area contributed by atoms with E-state index in [1.807, 2.05) is 45.9 Å². The summed E-state index contributed by atoms with van der Waals surface area (Å²) in [4.78, 5) is 12.7. The number of carbonyl (C=O) groups is 1. The Kier molecular flexibility index (Phi) is 5.30. The molecule has 142 valence electrons. The number of amides is 1. The predicted octanol–water partition coefficient (Wildman–Crippen LogP) is 3.96. The van der Waals surface area contributed by atoms with Gasteiger partial charge in [-0.15, -0.1) is 0 Å². The summed E-state index contributed by atoms with van der Waals surface area (Å²) >= 11 is 0. The molecule has 0 fully saturated rings. The van der Waals surface area contributed by atoms with E-state index >= 15 is 0 Å². The first-order chi connectivity index (χ1) is 12.9. The fraction of sp³-hybridized carbons (Fsp3) is 0.350. The number of ether oxygens (including phenoxy) is 1. The third kappa shape index (κ3) is 4.02. The third-order valence-corrected chi connectivity index (χ3v) is 4.58. The van der Waals surface area contributed by atoms with Crippen LogP contribution in [0.1, 0.15) is 45.6 Å². The molecule has 0 saturated heterocycles. The second kappa shape index (κ2) is 7.65. The van der Waals surface area contributed by atoms with E-state index in [1.54, 1.807) is 17.8 Å². The number of carbonyl (C=O) groups excluding carboxylic acids is 1. The highest BCUT2D eigenvalue weighted by Gasteiger charge is 2.21. The highest BCUT2D eigenvalue weighted by Crippen LogP contribution is 2.22. The van der Waals surface area contributed by atoms with Crippen molar-refractivity contribution in [1.29, 1.82) is 0 Å². The zero-order valence-electron chi connectivity index (χ0n) is 16.3. The van der Waals surface area contributed by atoms with Crippen LogP contribution in [0.15, 0.2) is 28.9 Å². The average molecular weight is 368 g/mol. The van der Waals surface area contributed by atoms with E-state index in [0.29, 0.717) is 17.0 Å². The Morgan fingerprint density at radius 2 is 2.00 bits per heavy atom. The number of nitrogens with zero attached hydrogens (tertiary/aromatic N) is 3. The number of benzene rings is 1. The van der Waals surface area contributed by atoms with Crippen LogP contribution in [0.25, 0.3) is 0 Å². The van der Waals surface area contributed by atoms with Gasteiger partial charge in [0.25, 0.3) is 5.91 Å². The standard InChI is InChI=1S/C20H24N4O3/c1-6-24-10-18(14(4)22-24)21-20(25)19-17(15(5)27-23-19)11-26-16-8-7-12(2)13(3)9-16/h7-10H,6,11H2,1-5H3,(H,21,25). The van der Waals surface area contributed by atoms with Crippen molar-refractivity contribution in [2.24, 2.45) is 0 Å². The molecule has 0 unspecified atom stereocenters. The Morgan fingerprint density at radius 3 is 2.67 bits per heavy atom. The maximum atomic E-state index is 12.7. The minimum atomic E-state index is -0.343. The molecule has 2 heterocycles. The number of aromatic nitrogens is 3. The van der Waals surface area contributed by atoms with Crippen LogP contribution in [0, 0.1) is 27.7 Å². The van der Waals surface area contributed by atoms with Crippen molar-refractivity contribution in [3.63, 3.8) is 0 Å². The van der Waals surface area contributed by atoms with E-state index in [2.05, 4.69) is 15.6 Å². The molecule has 7 nitrogen and oxygen atoms in total. The second-order valence-electron chi connectivity index (χ2n) is 6.54. The topological polar surface area (TPSA) is 82.2 Å². The molecule has 3 aromatic rings. The summed E-state index contributed by atoms with van der Waals surface area (Å²) in [6.07, 6.45) is 1.80. The molecule has 0 aliphatic heterocycles. The summed E-state index contributed by atoms with van der Waals surface area (Å²) in [7, 11) is 0. The van der Waals surface area contributed by atoms with Gasteiger partial charge in [0.1, 0.15) is 18.1 Å². The largest absolute Gasteiger partial charge is 0.489 e. The molecular formula is C20H24N4O3. The van der Waals surface area contributed by atoms with Crippen molar-refractivity contribution in [3.8, 4) is 5.75 Å². The maximum Gasteiger partial charge on any atom is 0.278 e. The number of nitrogens with one attached hydrogen (secondary N) is 1. The van der Waals surface area contributed by atoms with Gasteiger partial charge in [0.2, 0.25) is 0 Å². The normalized spacial score (nSPS) is 10.9. The van der Waals surface area contributed by atoms with Crippen molar-refractivity contribution in [1.82, 2.24) is 14.9 Å². The van der Waals surface area contributed by atoms with Crippen LogP contribution in [0.5, 0.6) is 5.75 Å². The molecule has 0 bridgehead atoms. The van der Waals surface area contributed by atoms with Gasteiger partial charge in [0, 0.05) is 12.7 Å². The van der Waals surface area contributed by atoms with Crippen molar-refractivity contribution in [2.45, 2.75) is 47.8 Å². The molecule has 0 spiro atoms. The Morgan fingerprint density at radius 1 is 1.22 bits per heavy atom. The molecular weight excluding hydrogens is 344 g/mol. The van der Waals surface area contributed by atoms with Crippen LogP contribution >= 0.6 is 0 Å². The van der Waals surface area contributed by atoms with E-state index in [1.165, 1.54) is 5.56 Å². The number of aryl methyl sites for hydroxylation is 5. The van der Waals surface area contributed by atoms with E-state index < -0.39 is 0 Å². The van der Waals surface area contributed by atoms with Gasteiger partial charge in [0.05, 0.1) is 16.9 Å². The van der Waals surface area contributed by atoms with Gasteiger partial charge in [-0.05, 0) is 57.9 Å². The van der Waals surface area contributed by atoms with Crippen LogP contribution in [0.3, 0.4) is 0 Å². The number of hydrogen-bond donors (Lipinski definition) is 1. The lowest BCUT2D eigenvalue weighted by Crippen LogP contribution is -2.15. The van der Waals surface area contributed by atoms with Gasteiger partial charge in [0.15, 0.2) is 5.69 Å². The summed E-state index contributed by atoms with van der Waals surface area (Å²) in [5.74, 6) is 0.958. The molecule has 0 aliphatic rings. The first-order valence-corrected chi connectivity index (χ1v) is 8.89. The minimum absolute atomic E-state index is 0.202. The Labute approximate surface area is 158 Å². The van der Waals surface area contributed by atoms with Gasteiger partial charge in [-0.25, -0.2) is 0 Å². The molecule has 2 aromatic heterocycles. The summed E-state index contributed by atoms with van der Waals surface area (Å²) in [6.45, 7) is 10.6. The van der Waals surface area contributed by atoms with Crippen LogP contribution in [-0.4, -0.2) is 20.8 Å². The average Bonchev–Trinajstić information content (AvgIpc) is 3.18. The van der Waals surface area contributed by atoms with Gasteiger partial charge in [-0.2, -0.15) is 5.10 Å². The number of hydrogen-bond acceptors (Lipinski definition) is 5. The maximum absolute atomic E-state index is 12.7.